The lowest BCUT2D eigenvalue weighted by atomic mass is 10.0. The molecule has 1 aliphatic heterocycles. The van der Waals surface area contributed by atoms with E-state index in [1.165, 1.54) is 5.56 Å². The molecule has 4 aromatic rings. The summed E-state index contributed by atoms with van der Waals surface area (Å²) in [6.45, 7) is 5.54. The molecule has 0 aliphatic carbocycles. The van der Waals surface area contributed by atoms with Gasteiger partial charge in [-0.3, -0.25) is 9.62 Å². The van der Waals surface area contributed by atoms with Gasteiger partial charge in [-0.2, -0.15) is 0 Å². The summed E-state index contributed by atoms with van der Waals surface area (Å²) in [7, 11) is -1.47. The number of nitrogens with zero attached hydrogens (tertiary/aromatic N) is 5. The van der Waals surface area contributed by atoms with Gasteiger partial charge < -0.3 is 15.0 Å². The third-order valence-electron chi connectivity index (χ3n) is 7.60. The van der Waals surface area contributed by atoms with E-state index >= 15 is 0 Å². The summed E-state index contributed by atoms with van der Waals surface area (Å²) >= 11 is 0. The first kappa shape index (κ1) is 30.3. The van der Waals surface area contributed by atoms with E-state index in [0.29, 0.717) is 17.2 Å². The van der Waals surface area contributed by atoms with Gasteiger partial charge in [0.1, 0.15) is 17.0 Å². The van der Waals surface area contributed by atoms with Crippen molar-refractivity contribution in [1.29, 1.82) is 0 Å². The molecule has 0 unspecified atom stereocenters. The van der Waals surface area contributed by atoms with Gasteiger partial charge in [-0.15, -0.1) is 5.10 Å². The number of unbranched alkanes of at least 4 members (excludes halogenated alkanes) is 1. The third-order valence-corrected chi connectivity index (χ3v) is 8.20. The van der Waals surface area contributed by atoms with E-state index in [1.54, 1.807) is 28.9 Å². The van der Waals surface area contributed by atoms with Crippen LogP contribution < -0.4 is 14.8 Å². The molecular weight excluding hydrogens is 566 g/mol. The van der Waals surface area contributed by atoms with Crippen molar-refractivity contribution in [1.82, 2.24) is 24.8 Å². The lowest BCUT2D eigenvalue weighted by Gasteiger charge is -2.38. The Balaban J connectivity index is 1.12. The molecule has 1 aromatic heterocycles. The molecule has 5 rings (SSSR count). The Morgan fingerprint density at radius 3 is 2.30 bits per heavy atom. The van der Waals surface area contributed by atoms with E-state index in [0.717, 1.165) is 74.8 Å². The molecule has 0 radical (unpaired) electrons. The number of fused-ring (bicyclic) bond motifs is 1. The SMILES string of the molecule is CCCCN(C(=O)Nc1ccc2c(c1)nnn2C)C1CCN(Cc2ccc(Oc3ccc(NS(C)(=O)=O)cc3)cc2)CC1. The van der Waals surface area contributed by atoms with E-state index in [-0.39, 0.29) is 12.1 Å². The molecule has 11 nitrogen and oxygen atoms in total. The van der Waals surface area contributed by atoms with Crippen LogP contribution in [0.4, 0.5) is 16.2 Å². The molecule has 12 heteroatoms. The maximum atomic E-state index is 13.4. The summed E-state index contributed by atoms with van der Waals surface area (Å²) in [5.74, 6) is 1.34. The van der Waals surface area contributed by atoms with E-state index in [2.05, 4.69) is 44.3 Å². The number of nitrogens with one attached hydrogen (secondary N) is 2. The quantitative estimate of drug-likeness (QED) is 0.234. The predicted molar refractivity (Wildman–Crippen MR) is 169 cm³/mol. The molecule has 3 aromatic carbocycles. The fourth-order valence-corrected chi connectivity index (χ4v) is 5.91. The Kier molecular flexibility index (Phi) is 9.46. The first-order valence-electron chi connectivity index (χ1n) is 14.6. The van der Waals surface area contributed by atoms with E-state index in [4.69, 9.17) is 4.74 Å². The summed E-state index contributed by atoms with van der Waals surface area (Å²) < 4.78 is 32.9. The minimum atomic E-state index is -3.32. The molecule has 1 aliphatic rings. The third kappa shape index (κ3) is 8.23. The van der Waals surface area contributed by atoms with Crippen molar-refractivity contribution in [3.05, 3.63) is 72.3 Å². The first-order valence-corrected chi connectivity index (χ1v) is 16.5. The number of carbonyl (C=O) groups excluding carboxylic acids is 1. The summed E-state index contributed by atoms with van der Waals surface area (Å²) in [5, 5.41) is 11.3. The van der Waals surface area contributed by atoms with Crippen LogP contribution in [0.25, 0.3) is 11.0 Å². The van der Waals surface area contributed by atoms with Crippen LogP contribution in [0.1, 0.15) is 38.2 Å². The highest BCUT2D eigenvalue weighted by Gasteiger charge is 2.28. The molecule has 0 bridgehead atoms. The number of hydrogen-bond acceptors (Lipinski definition) is 7. The van der Waals surface area contributed by atoms with Crippen LogP contribution in [-0.4, -0.2) is 71.2 Å². The van der Waals surface area contributed by atoms with Crippen LogP contribution in [-0.2, 0) is 23.6 Å². The maximum Gasteiger partial charge on any atom is 0.322 e. The van der Waals surface area contributed by atoms with Gasteiger partial charge >= 0.3 is 6.03 Å². The van der Waals surface area contributed by atoms with Gasteiger partial charge in [0.05, 0.1) is 11.8 Å². The normalized spacial score (nSPS) is 14.5. The Morgan fingerprint density at radius 2 is 1.65 bits per heavy atom. The number of sulfonamides is 1. The average molecular weight is 606 g/mol. The van der Waals surface area contributed by atoms with Crippen LogP contribution in [0.15, 0.2) is 66.7 Å². The summed E-state index contributed by atoms with van der Waals surface area (Å²) in [6, 6.07) is 20.6. The Morgan fingerprint density at radius 1 is 1.00 bits per heavy atom. The number of ether oxygens (including phenoxy) is 1. The van der Waals surface area contributed by atoms with Crippen LogP contribution in [0.5, 0.6) is 11.5 Å². The Hall–Kier alpha value is -4.16. The fraction of sp³-hybridized carbons (Fsp3) is 0.387. The minimum absolute atomic E-state index is 0.0629. The Bertz CT molecular complexity index is 1630. The van der Waals surface area contributed by atoms with E-state index < -0.39 is 10.0 Å². The summed E-state index contributed by atoms with van der Waals surface area (Å²) in [6.07, 6.45) is 4.96. The molecule has 1 fully saturated rings. The van der Waals surface area contributed by atoms with Gasteiger partial charge in [-0.25, -0.2) is 17.9 Å². The van der Waals surface area contributed by atoms with Crippen molar-refractivity contribution in [2.24, 2.45) is 7.05 Å². The number of hydrogen-bond donors (Lipinski definition) is 2. The van der Waals surface area contributed by atoms with Gasteiger partial charge in [-0.05, 0) is 79.4 Å². The van der Waals surface area contributed by atoms with Gasteiger partial charge in [0.15, 0.2) is 0 Å². The molecule has 2 heterocycles. The molecule has 0 saturated carbocycles. The first-order chi connectivity index (χ1) is 20.7. The number of aromatic nitrogens is 3. The Labute approximate surface area is 252 Å². The second-order valence-electron chi connectivity index (χ2n) is 11.0. The minimum Gasteiger partial charge on any atom is -0.457 e. The lowest BCUT2D eigenvalue weighted by Crippen LogP contribution is -2.49. The van der Waals surface area contributed by atoms with Crippen molar-refractivity contribution in [2.45, 2.75) is 45.2 Å². The van der Waals surface area contributed by atoms with E-state index in [1.807, 2.05) is 42.3 Å². The topological polar surface area (TPSA) is 122 Å². The summed E-state index contributed by atoms with van der Waals surface area (Å²) in [5.41, 5.74) is 4.09. The van der Waals surface area contributed by atoms with Crippen LogP contribution in [0, 0.1) is 0 Å². The molecule has 43 heavy (non-hydrogen) atoms. The number of benzene rings is 3. The average Bonchev–Trinajstić information content (AvgIpc) is 3.35. The molecule has 228 valence electrons. The molecule has 2 amide bonds. The van der Waals surface area contributed by atoms with Crippen molar-refractivity contribution in [3.8, 4) is 11.5 Å². The van der Waals surface area contributed by atoms with Crippen LogP contribution in [0.3, 0.4) is 0 Å². The van der Waals surface area contributed by atoms with Gasteiger partial charge in [0.2, 0.25) is 10.0 Å². The van der Waals surface area contributed by atoms with Crippen molar-refractivity contribution in [3.63, 3.8) is 0 Å². The summed E-state index contributed by atoms with van der Waals surface area (Å²) in [4.78, 5) is 17.8. The number of aryl methyl sites for hydroxylation is 1. The zero-order chi connectivity index (χ0) is 30.4. The van der Waals surface area contributed by atoms with Gasteiger partial charge in [-0.1, -0.05) is 30.7 Å². The van der Waals surface area contributed by atoms with Gasteiger partial charge in [0.25, 0.3) is 0 Å². The second-order valence-corrected chi connectivity index (χ2v) is 12.8. The highest BCUT2D eigenvalue weighted by atomic mass is 32.2. The number of piperidine rings is 1. The molecule has 1 saturated heterocycles. The standard InChI is InChI=1S/C31H39N7O4S/c1-4-5-18-38(31(39)32-25-10-15-30-29(21-25)33-35-36(30)2)26-16-19-37(20-17-26)22-23-6-11-27(12-7-23)42-28-13-8-24(9-14-28)34-43(3,40)41/h6-15,21,26,34H,4-5,16-20,22H2,1-3H3,(H,32,39). The van der Waals surface area contributed by atoms with Crippen molar-refractivity contribution < 1.29 is 17.9 Å². The van der Waals surface area contributed by atoms with Gasteiger partial charge in [0, 0.05) is 50.6 Å². The molecule has 2 N–H and O–H groups in total. The fourth-order valence-electron chi connectivity index (χ4n) is 5.34. The monoisotopic (exact) mass is 605 g/mol. The molecule has 0 atom stereocenters. The smallest absolute Gasteiger partial charge is 0.322 e. The van der Waals surface area contributed by atoms with Crippen LogP contribution in [0.2, 0.25) is 0 Å². The lowest BCUT2D eigenvalue weighted by molar-refractivity contribution is 0.122. The van der Waals surface area contributed by atoms with Crippen molar-refractivity contribution in [2.75, 3.05) is 35.9 Å². The van der Waals surface area contributed by atoms with Crippen LogP contribution >= 0.6 is 0 Å². The molecular formula is C31H39N7O4S. The number of carbonyl (C=O) groups is 1. The number of rotatable bonds is 11. The zero-order valence-electron chi connectivity index (χ0n) is 24.9. The number of amides is 2. The van der Waals surface area contributed by atoms with Crippen molar-refractivity contribution >= 4 is 38.5 Å². The second kappa shape index (κ2) is 13.4. The predicted octanol–water partition coefficient (Wildman–Crippen LogP) is 5.43. The highest BCUT2D eigenvalue weighted by molar-refractivity contribution is 7.92. The molecule has 0 spiro atoms. The number of likely N-dealkylation sites (tertiary alicyclic amines) is 1. The van der Waals surface area contributed by atoms with E-state index in [9.17, 15) is 13.2 Å². The zero-order valence-corrected chi connectivity index (χ0v) is 25.7. The maximum absolute atomic E-state index is 13.4. The largest absolute Gasteiger partial charge is 0.457 e. The highest BCUT2D eigenvalue weighted by Crippen LogP contribution is 2.26. The number of anilines is 2. The number of urea groups is 1.